The molecule has 0 unspecified atom stereocenters. The average molecular weight is 514 g/mol. The lowest BCUT2D eigenvalue weighted by Gasteiger charge is -2.31. The number of aromatic nitrogens is 3. The maximum absolute atomic E-state index is 12.7. The van der Waals surface area contributed by atoms with Crippen molar-refractivity contribution in [3.8, 4) is 22.5 Å². The number of urea groups is 1. The third kappa shape index (κ3) is 4.80. The van der Waals surface area contributed by atoms with Crippen molar-refractivity contribution in [2.75, 3.05) is 18.4 Å². The van der Waals surface area contributed by atoms with E-state index in [-0.39, 0.29) is 16.3 Å². The number of pyridine rings is 1. The first-order valence-electron chi connectivity index (χ1n) is 10.8. The van der Waals surface area contributed by atoms with Crippen LogP contribution in [-0.4, -0.2) is 39.1 Å². The Labute approximate surface area is 210 Å². The number of benzene rings is 1. The zero-order chi connectivity index (χ0) is 23.7. The van der Waals surface area contributed by atoms with Gasteiger partial charge in [0.1, 0.15) is 21.8 Å². The number of piperidine rings is 1. The number of anilines is 1. The van der Waals surface area contributed by atoms with Crippen LogP contribution in [-0.2, 0) is 0 Å². The van der Waals surface area contributed by atoms with Gasteiger partial charge in [0.2, 0.25) is 0 Å². The number of likely N-dealkylation sites (tertiary alicyclic amines) is 1. The first-order valence-corrected chi connectivity index (χ1v) is 12.5. The minimum atomic E-state index is -0.177. The van der Waals surface area contributed by atoms with Crippen molar-refractivity contribution in [3.05, 3.63) is 68.9 Å². The summed E-state index contributed by atoms with van der Waals surface area (Å²) in [5.41, 5.74) is 4.14. The SMILES string of the molecule is Cc1onc(-c2ccccc2)c1-c1csc(C2CCN(C(=O)Nc3cc(Cl)nc(Cl)c3)CC2)n1. The van der Waals surface area contributed by atoms with Gasteiger partial charge in [0.15, 0.2) is 0 Å². The van der Waals surface area contributed by atoms with E-state index in [1.165, 1.54) is 0 Å². The molecule has 10 heteroatoms. The molecule has 174 valence electrons. The van der Waals surface area contributed by atoms with Crippen molar-refractivity contribution < 1.29 is 9.32 Å². The van der Waals surface area contributed by atoms with Crippen LogP contribution in [0.25, 0.3) is 22.5 Å². The predicted molar refractivity (Wildman–Crippen MR) is 135 cm³/mol. The average Bonchev–Trinajstić information content (AvgIpc) is 3.45. The topological polar surface area (TPSA) is 84.2 Å². The highest BCUT2D eigenvalue weighted by molar-refractivity contribution is 7.10. The van der Waals surface area contributed by atoms with Crippen molar-refractivity contribution in [3.63, 3.8) is 0 Å². The summed E-state index contributed by atoms with van der Waals surface area (Å²) >= 11 is 13.5. The van der Waals surface area contributed by atoms with Gasteiger partial charge in [-0.15, -0.1) is 11.3 Å². The van der Waals surface area contributed by atoms with Gasteiger partial charge in [0.05, 0.1) is 16.3 Å². The molecule has 1 aliphatic heterocycles. The van der Waals surface area contributed by atoms with E-state index in [1.54, 1.807) is 28.4 Å². The molecule has 1 aliphatic rings. The molecule has 0 bridgehead atoms. The van der Waals surface area contributed by atoms with Crippen LogP contribution in [0.3, 0.4) is 0 Å². The third-order valence-electron chi connectivity index (χ3n) is 5.83. The second kappa shape index (κ2) is 9.74. The minimum absolute atomic E-state index is 0.177. The van der Waals surface area contributed by atoms with Crippen LogP contribution in [0.15, 0.2) is 52.4 Å². The molecule has 4 heterocycles. The Morgan fingerprint density at radius 2 is 1.82 bits per heavy atom. The molecular weight excluding hydrogens is 493 g/mol. The quantitative estimate of drug-likeness (QED) is 0.300. The molecule has 0 spiro atoms. The van der Waals surface area contributed by atoms with Gasteiger partial charge in [-0.25, -0.2) is 14.8 Å². The Bertz CT molecular complexity index is 1300. The second-order valence-electron chi connectivity index (χ2n) is 8.09. The van der Waals surface area contributed by atoms with Crippen LogP contribution in [0.5, 0.6) is 0 Å². The summed E-state index contributed by atoms with van der Waals surface area (Å²) in [6, 6.07) is 13.0. The highest BCUT2D eigenvalue weighted by Crippen LogP contribution is 2.38. The fourth-order valence-corrected chi connectivity index (χ4v) is 5.57. The van der Waals surface area contributed by atoms with E-state index in [4.69, 9.17) is 32.7 Å². The van der Waals surface area contributed by atoms with Crippen molar-refractivity contribution in [1.82, 2.24) is 20.0 Å². The monoisotopic (exact) mass is 513 g/mol. The molecular formula is C24H21Cl2N5O2S. The van der Waals surface area contributed by atoms with E-state index >= 15 is 0 Å². The number of rotatable bonds is 4. The Balaban J connectivity index is 1.26. The summed E-state index contributed by atoms with van der Waals surface area (Å²) in [5.74, 6) is 1.05. The normalized spacial score (nSPS) is 14.4. The number of carbonyl (C=O) groups is 1. The highest BCUT2D eigenvalue weighted by Gasteiger charge is 2.27. The number of hydrogen-bond donors (Lipinski definition) is 1. The fraction of sp³-hybridized carbons (Fsp3) is 0.250. The molecule has 0 atom stereocenters. The molecule has 4 aromatic rings. The van der Waals surface area contributed by atoms with Gasteiger partial charge in [-0.1, -0.05) is 58.7 Å². The van der Waals surface area contributed by atoms with Gasteiger partial charge in [-0.2, -0.15) is 0 Å². The summed E-state index contributed by atoms with van der Waals surface area (Å²) in [7, 11) is 0. The van der Waals surface area contributed by atoms with Crippen LogP contribution in [0.1, 0.15) is 29.5 Å². The van der Waals surface area contributed by atoms with Gasteiger partial charge >= 0.3 is 6.03 Å². The van der Waals surface area contributed by atoms with Crippen LogP contribution >= 0.6 is 34.5 Å². The van der Waals surface area contributed by atoms with Gasteiger partial charge in [-0.05, 0) is 31.9 Å². The number of hydrogen-bond acceptors (Lipinski definition) is 6. The molecule has 2 amide bonds. The maximum Gasteiger partial charge on any atom is 0.321 e. The summed E-state index contributed by atoms with van der Waals surface area (Å²) in [6.45, 7) is 3.19. The molecule has 34 heavy (non-hydrogen) atoms. The molecule has 3 aromatic heterocycles. The fourth-order valence-electron chi connectivity index (χ4n) is 4.13. The smallest absolute Gasteiger partial charge is 0.321 e. The first-order chi connectivity index (χ1) is 16.5. The Kier molecular flexibility index (Phi) is 6.54. The Morgan fingerprint density at radius 1 is 1.12 bits per heavy atom. The number of carbonyl (C=O) groups excluding carboxylic acids is 1. The van der Waals surface area contributed by atoms with Gasteiger partial charge in [0.25, 0.3) is 0 Å². The summed E-state index contributed by atoms with van der Waals surface area (Å²) < 4.78 is 5.51. The molecule has 5 rings (SSSR count). The standard InChI is InChI=1S/C24H21Cl2N5O2S/c1-14-21(22(30-33-14)15-5-3-2-4-6-15)18-13-34-23(28-18)16-7-9-31(10-8-16)24(32)27-17-11-19(25)29-20(26)12-17/h2-6,11-13,16H,7-10H2,1H3,(H,27,29,32). The van der Waals surface area contributed by atoms with Crippen LogP contribution in [0.4, 0.5) is 10.5 Å². The number of nitrogens with zero attached hydrogens (tertiary/aromatic N) is 4. The van der Waals surface area contributed by atoms with E-state index in [2.05, 4.69) is 20.8 Å². The lowest BCUT2D eigenvalue weighted by molar-refractivity contribution is 0.194. The van der Waals surface area contributed by atoms with E-state index in [1.807, 2.05) is 37.3 Å². The minimum Gasteiger partial charge on any atom is -0.360 e. The second-order valence-corrected chi connectivity index (χ2v) is 9.76. The largest absolute Gasteiger partial charge is 0.360 e. The van der Waals surface area contributed by atoms with Crippen LogP contribution in [0, 0.1) is 6.92 Å². The number of amides is 2. The van der Waals surface area contributed by atoms with Crippen molar-refractivity contribution in [1.29, 1.82) is 0 Å². The van der Waals surface area contributed by atoms with Crippen molar-refractivity contribution in [2.45, 2.75) is 25.7 Å². The zero-order valence-electron chi connectivity index (χ0n) is 18.3. The third-order valence-corrected chi connectivity index (χ3v) is 7.23. The van der Waals surface area contributed by atoms with Crippen molar-refractivity contribution >= 4 is 46.3 Å². The molecule has 1 N–H and O–H groups in total. The molecule has 0 saturated carbocycles. The Morgan fingerprint density at radius 3 is 2.53 bits per heavy atom. The number of halogens is 2. The van der Waals surface area contributed by atoms with Crippen LogP contribution < -0.4 is 5.32 Å². The van der Waals surface area contributed by atoms with Gasteiger partial charge in [-0.3, -0.25) is 0 Å². The number of thiazole rings is 1. The van der Waals surface area contributed by atoms with E-state index in [0.29, 0.717) is 24.7 Å². The van der Waals surface area contributed by atoms with Gasteiger partial charge in [0, 0.05) is 35.6 Å². The first kappa shape index (κ1) is 22.8. The highest BCUT2D eigenvalue weighted by atomic mass is 35.5. The van der Waals surface area contributed by atoms with Crippen LogP contribution in [0.2, 0.25) is 10.3 Å². The zero-order valence-corrected chi connectivity index (χ0v) is 20.6. The van der Waals surface area contributed by atoms with E-state index in [0.717, 1.165) is 46.1 Å². The van der Waals surface area contributed by atoms with E-state index < -0.39 is 0 Å². The van der Waals surface area contributed by atoms with E-state index in [9.17, 15) is 4.79 Å². The van der Waals surface area contributed by atoms with Crippen molar-refractivity contribution in [2.24, 2.45) is 0 Å². The lowest BCUT2D eigenvalue weighted by atomic mass is 9.97. The number of aryl methyl sites for hydroxylation is 1. The molecule has 7 nitrogen and oxygen atoms in total. The molecule has 0 aliphatic carbocycles. The summed E-state index contributed by atoms with van der Waals surface area (Å²) in [6.07, 6.45) is 1.68. The van der Waals surface area contributed by atoms with Gasteiger partial charge < -0.3 is 14.7 Å². The lowest BCUT2D eigenvalue weighted by Crippen LogP contribution is -2.40. The molecule has 1 saturated heterocycles. The Hall–Kier alpha value is -2.94. The molecule has 0 radical (unpaired) electrons. The number of nitrogens with one attached hydrogen (secondary N) is 1. The molecule has 1 aromatic carbocycles. The molecule has 1 fully saturated rings. The summed E-state index contributed by atoms with van der Waals surface area (Å²) in [5, 5.41) is 10.7. The maximum atomic E-state index is 12.7. The summed E-state index contributed by atoms with van der Waals surface area (Å²) in [4.78, 5) is 23.3. The predicted octanol–water partition coefficient (Wildman–Crippen LogP) is 6.89.